The van der Waals surface area contributed by atoms with Crippen molar-refractivity contribution >= 4 is 56.6 Å². The summed E-state index contributed by atoms with van der Waals surface area (Å²) in [7, 11) is 1.49. The van der Waals surface area contributed by atoms with Gasteiger partial charge < -0.3 is 25.3 Å². The van der Waals surface area contributed by atoms with Crippen molar-refractivity contribution in [1.82, 2.24) is 9.88 Å². The quantitative estimate of drug-likeness (QED) is 0.195. The van der Waals surface area contributed by atoms with Crippen molar-refractivity contribution in [3.05, 3.63) is 63.8 Å². The van der Waals surface area contributed by atoms with Gasteiger partial charge in [-0.05, 0) is 82.5 Å². The molecule has 0 radical (unpaired) electrons. The number of nitrogens with one attached hydrogen (secondary N) is 1. The van der Waals surface area contributed by atoms with Crippen LogP contribution >= 0.6 is 15.9 Å². The summed E-state index contributed by atoms with van der Waals surface area (Å²) in [6.07, 6.45) is 2.54. The van der Waals surface area contributed by atoms with Gasteiger partial charge >= 0.3 is 12.2 Å². The number of fused-ring (bicyclic) bond motifs is 1. The molecule has 1 aromatic heterocycles. The smallest absolute Gasteiger partial charge is 0.408 e. The second-order valence-electron chi connectivity index (χ2n) is 10.5. The number of alkyl carbamates (subject to hydrolysis) is 1. The van der Waals surface area contributed by atoms with Gasteiger partial charge in [0.2, 0.25) is 0 Å². The predicted molar refractivity (Wildman–Crippen MR) is 164 cm³/mol. The molecule has 0 aliphatic carbocycles. The van der Waals surface area contributed by atoms with E-state index in [1.54, 1.807) is 69.4 Å². The molecule has 0 spiro atoms. The molecule has 3 N–H and O–H groups in total. The Morgan fingerprint density at radius 3 is 2.51 bits per heavy atom. The predicted octanol–water partition coefficient (Wildman–Crippen LogP) is 6.15. The highest BCUT2D eigenvalue weighted by molar-refractivity contribution is 9.10. The van der Waals surface area contributed by atoms with Gasteiger partial charge in [0.25, 0.3) is 5.91 Å². The Morgan fingerprint density at radius 1 is 1.14 bits per heavy atom. The fourth-order valence-corrected chi connectivity index (χ4v) is 4.70. The molecular formula is C31H32BrN5O6. The number of benzene rings is 2. The first-order valence-corrected chi connectivity index (χ1v) is 14.1. The van der Waals surface area contributed by atoms with E-state index < -0.39 is 29.7 Å². The fraction of sp³-hybridized carbons (Fsp3) is 0.323. The van der Waals surface area contributed by atoms with E-state index in [0.29, 0.717) is 46.2 Å². The van der Waals surface area contributed by atoms with Gasteiger partial charge in [0.05, 0.1) is 42.5 Å². The van der Waals surface area contributed by atoms with E-state index in [0.717, 1.165) is 4.47 Å². The number of hydrogen-bond donors (Lipinski definition) is 2. The van der Waals surface area contributed by atoms with Crippen LogP contribution in [0, 0.1) is 22.7 Å². The molecule has 12 heteroatoms. The third-order valence-corrected chi connectivity index (χ3v) is 6.69. The van der Waals surface area contributed by atoms with Gasteiger partial charge in [-0.25, -0.2) is 9.59 Å². The maximum absolute atomic E-state index is 14.0. The van der Waals surface area contributed by atoms with Crippen molar-refractivity contribution in [2.75, 3.05) is 13.7 Å². The molecule has 43 heavy (non-hydrogen) atoms. The highest BCUT2D eigenvalue weighted by Crippen LogP contribution is 2.33. The first kappa shape index (κ1) is 32.7. The number of nitrogens with zero attached hydrogens (tertiary/aromatic N) is 3. The van der Waals surface area contributed by atoms with Crippen LogP contribution in [0.2, 0.25) is 0 Å². The number of hydrogen-bond acceptors (Lipinski definition) is 8. The molecule has 0 saturated heterocycles. The molecule has 0 unspecified atom stereocenters. The van der Waals surface area contributed by atoms with Crippen LogP contribution in [-0.4, -0.2) is 48.0 Å². The summed E-state index contributed by atoms with van der Waals surface area (Å²) in [5.41, 5.74) is 6.33. The number of rotatable bonds is 10. The lowest BCUT2D eigenvalue weighted by Gasteiger charge is -2.23. The van der Waals surface area contributed by atoms with Gasteiger partial charge in [-0.15, -0.1) is 0 Å². The zero-order valence-corrected chi connectivity index (χ0v) is 25.9. The third-order valence-electron chi connectivity index (χ3n) is 6.19. The standard InChI is InChI=1S/C31H32BrN5O6/c1-31(2,3)43-30(40)36-25(7-5-6-12-42-29(35)39)28(38)37-18-24(23-15-22(32)9-10-26(23)37)21(17-34)14-20-13-19(16-33)8-11-27(20)41-4/h8-11,13-15,18,25H,5-7,12H2,1-4H3,(H2,35,39)(H,36,40)/b21-14+/t25-/m1/s1. The van der Waals surface area contributed by atoms with Crippen LogP contribution in [0.4, 0.5) is 9.59 Å². The Kier molecular flexibility index (Phi) is 10.9. The van der Waals surface area contributed by atoms with Gasteiger partial charge in [-0.1, -0.05) is 15.9 Å². The van der Waals surface area contributed by atoms with E-state index >= 15 is 0 Å². The Balaban J connectivity index is 2.07. The van der Waals surface area contributed by atoms with Crippen LogP contribution < -0.4 is 15.8 Å². The molecule has 1 heterocycles. The summed E-state index contributed by atoms with van der Waals surface area (Å²) in [4.78, 5) is 37.6. The fourth-order valence-electron chi connectivity index (χ4n) is 4.34. The zero-order chi connectivity index (χ0) is 31.7. The minimum Gasteiger partial charge on any atom is -0.496 e. The summed E-state index contributed by atoms with van der Waals surface area (Å²) in [6.45, 7) is 5.21. The highest BCUT2D eigenvalue weighted by atomic mass is 79.9. The van der Waals surface area contributed by atoms with Crippen molar-refractivity contribution in [3.8, 4) is 17.9 Å². The van der Waals surface area contributed by atoms with E-state index in [4.69, 9.17) is 19.9 Å². The normalized spacial score (nSPS) is 12.1. The first-order valence-electron chi connectivity index (χ1n) is 13.3. The van der Waals surface area contributed by atoms with Gasteiger partial charge in [0.1, 0.15) is 17.4 Å². The maximum atomic E-state index is 14.0. The van der Waals surface area contributed by atoms with Crippen molar-refractivity contribution in [1.29, 1.82) is 10.5 Å². The number of carbonyl (C=O) groups excluding carboxylic acids is 3. The molecule has 11 nitrogen and oxygen atoms in total. The molecule has 0 fully saturated rings. The van der Waals surface area contributed by atoms with E-state index in [-0.39, 0.29) is 18.6 Å². The van der Waals surface area contributed by atoms with E-state index in [1.165, 1.54) is 11.7 Å². The Labute approximate surface area is 257 Å². The Morgan fingerprint density at radius 2 is 1.88 bits per heavy atom. The van der Waals surface area contributed by atoms with Gasteiger partial charge in [-0.3, -0.25) is 9.36 Å². The van der Waals surface area contributed by atoms with E-state index in [9.17, 15) is 24.9 Å². The molecular weight excluding hydrogens is 618 g/mol. The summed E-state index contributed by atoms with van der Waals surface area (Å²) in [5, 5.41) is 22.9. The van der Waals surface area contributed by atoms with Crippen LogP contribution in [-0.2, 0) is 9.47 Å². The van der Waals surface area contributed by atoms with Crippen molar-refractivity contribution < 1.29 is 28.6 Å². The summed E-state index contributed by atoms with van der Waals surface area (Å²) < 4.78 is 17.7. The number of nitrogens with two attached hydrogens (primary N) is 1. The number of carbonyl (C=O) groups is 3. The van der Waals surface area contributed by atoms with Crippen molar-refractivity contribution in [2.45, 2.75) is 51.7 Å². The van der Waals surface area contributed by atoms with Crippen LogP contribution in [0.5, 0.6) is 5.75 Å². The average Bonchev–Trinajstić information content (AvgIpc) is 3.31. The average molecular weight is 651 g/mol. The number of allylic oxidation sites excluding steroid dienone is 1. The molecule has 2 aromatic carbocycles. The van der Waals surface area contributed by atoms with Gasteiger partial charge in [-0.2, -0.15) is 10.5 Å². The van der Waals surface area contributed by atoms with Crippen LogP contribution in [0.1, 0.15) is 61.5 Å². The van der Waals surface area contributed by atoms with Crippen molar-refractivity contribution in [2.24, 2.45) is 5.73 Å². The zero-order valence-electron chi connectivity index (χ0n) is 24.3. The molecule has 2 amide bonds. The number of halogens is 1. The summed E-state index contributed by atoms with van der Waals surface area (Å²) in [6, 6.07) is 13.4. The number of methoxy groups -OCH3 is 1. The number of aromatic nitrogens is 1. The van der Waals surface area contributed by atoms with Crippen LogP contribution in [0.15, 0.2) is 47.1 Å². The van der Waals surface area contributed by atoms with Gasteiger partial charge in [0, 0.05) is 27.2 Å². The second kappa shape index (κ2) is 14.4. The van der Waals surface area contributed by atoms with Crippen molar-refractivity contribution in [3.63, 3.8) is 0 Å². The molecule has 224 valence electrons. The largest absolute Gasteiger partial charge is 0.496 e. The molecule has 0 saturated carbocycles. The molecule has 3 aromatic rings. The number of unbranched alkanes of at least 4 members (excludes halogenated alkanes) is 1. The van der Waals surface area contributed by atoms with Crippen LogP contribution in [0.3, 0.4) is 0 Å². The highest BCUT2D eigenvalue weighted by Gasteiger charge is 2.27. The number of primary amides is 1. The molecule has 0 bridgehead atoms. The molecule has 3 rings (SSSR count). The summed E-state index contributed by atoms with van der Waals surface area (Å²) >= 11 is 3.47. The van der Waals surface area contributed by atoms with E-state index in [2.05, 4.69) is 33.4 Å². The molecule has 0 aliphatic heterocycles. The SMILES string of the molecule is COc1ccc(C#N)cc1/C=C(\C#N)c1cn(C(=O)[C@@H](CCCCOC(N)=O)NC(=O)OC(C)(C)C)c2ccc(Br)cc12. The topological polar surface area (TPSA) is 169 Å². The summed E-state index contributed by atoms with van der Waals surface area (Å²) in [5.74, 6) is 0.0104. The minimum absolute atomic E-state index is 0.0695. The van der Waals surface area contributed by atoms with E-state index in [1.807, 2.05) is 0 Å². The lowest BCUT2D eigenvalue weighted by Crippen LogP contribution is -2.45. The Bertz CT molecular complexity index is 1640. The minimum atomic E-state index is -1.00. The molecule has 1 atom stereocenters. The third kappa shape index (κ3) is 8.84. The number of nitriles is 2. The Hall–Kier alpha value is -4.81. The first-order chi connectivity index (χ1) is 20.4. The number of ether oxygens (including phenoxy) is 3. The van der Waals surface area contributed by atoms with Gasteiger partial charge in [0.15, 0.2) is 0 Å². The molecule has 0 aliphatic rings. The number of amides is 2. The second-order valence-corrected chi connectivity index (χ2v) is 11.4. The lowest BCUT2D eigenvalue weighted by molar-refractivity contribution is 0.0478. The van der Waals surface area contributed by atoms with Crippen LogP contribution in [0.25, 0.3) is 22.6 Å². The maximum Gasteiger partial charge on any atom is 0.408 e. The lowest BCUT2D eigenvalue weighted by atomic mass is 10.0. The monoisotopic (exact) mass is 649 g/mol.